The Morgan fingerprint density at radius 2 is 1.80 bits per heavy atom. The van der Waals surface area contributed by atoms with Gasteiger partial charge in [0.1, 0.15) is 11.1 Å². The van der Waals surface area contributed by atoms with Crippen molar-refractivity contribution < 1.29 is 17.9 Å². The molecule has 0 aromatic heterocycles. The summed E-state index contributed by atoms with van der Waals surface area (Å²) in [6.07, 6.45) is 5.46. The maximum Gasteiger partial charge on any atom is 0.411 e. The Kier molecular flexibility index (Phi) is 3.97. The minimum atomic E-state index is -4.38. The summed E-state index contributed by atoms with van der Waals surface area (Å²) in [6, 6.07) is 5.71. The normalized spacial score (nSPS) is 31.8. The van der Waals surface area contributed by atoms with Crippen molar-refractivity contribution in [3.8, 4) is 5.75 Å². The Morgan fingerprint density at radius 3 is 2.56 bits per heavy atom. The van der Waals surface area contributed by atoms with Crippen LogP contribution in [0.15, 0.2) is 18.2 Å². The highest BCUT2D eigenvalue weighted by Gasteiger charge is 2.52. The van der Waals surface area contributed by atoms with Crippen LogP contribution in [0.1, 0.15) is 56.1 Å². The first-order valence-corrected chi connectivity index (χ1v) is 9.62. The highest BCUT2D eigenvalue weighted by molar-refractivity contribution is 6.40. The summed E-state index contributed by atoms with van der Waals surface area (Å²) >= 11 is 0. The van der Waals surface area contributed by atoms with Crippen molar-refractivity contribution in [2.24, 2.45) is 11.8 Å². The molecular formula is C19H25B2F3O. The first kappa shape index (κ1) is 17.4. The van der Waals surface area contributed by atoms with E-state index in [4.69, 9.17) is 4.74 Å². The van der Waals surface area contributed by atoms with Crippen molar-refractivity contribution in [3.63, 3.8) is 0 Å². The molecule has 0 heterocycles. The number of hydrogen-bond donors (Lipinski definition) is 0. The van der Waals surface area contributed by atoms with Gasteiger partial charge in [-0.15, -0.1) is 0 Å². The molecule has 0 N–H and O–H groups in total. The van der Waals surface area contributed by atoms with Crippen LogP contribution >= 0.6 is 0 Å². The second-order valence-corrected chi connectivity index (χ2v) is 8.79. The minimum absolute atomic E-state index is 0.191. The van der Waals surface area contributed by atoms with Crippen LogP contribution in [-0.2, 0) is 11.8 Å². The average molecular weight is 348 g/mol. The molecule has 3 aliphatic carbocycles. The number of alkyl halides is 3. The molecule has 0 radical (unpaired) electrons. The predicted octanol–water partition coefficient (Wildman–Crippen LogP) is 3.33. The number of rotatable bonds is 2. The van der Waals surface area contributed by atoms with Gasteiger partial charge >= 0.3 is 6.18 Å². The van der Waals surface area contributed by atoms with Crippen molar-refractivity contribution in [1.82, 2.24) is 0 Å². The summed E-state index contributed by atoms with van der Waals surface area (Å²) in [7, 11) is 2.20. The van der Waals surface area contributed by atoms with Crippen molar-refractivity contribution in [2.45, 2.75) is 68.4 Å². The van der Waals surface area contributed by atoms with Gasteiger partial charge in [-0.25, -0.2) is 0 Å². The lowest BCUT2D eigenvalue weighted by atomic mass is 9.49. The summed E-state index contributed by atoms with van der Waals surface area (Å²) in [5, 5.41) is -2.17. The van der Waals surface area contributed by atoms with Crippen LogP contribution in [0.3, 0.4) is 0 Å². The summed E-state index contributed by atoms with van der Waals surface area (Å²) in [6.45, 7) is 0. The Hall–Kier alpha value is -1.06. The lowest BCUT2D eigenvalue weighted by Crippen LogP contribution is -2.52. The molecule has 2 bridgehead atoms. The van der Waals surface area contributed by atoms with E-state index < -0.39 is 11.6 Å². The molecule has 2 saturated carbocycles. The number of benzene rings is 1. The van der Waals surface area contributed by atoms with E-state index in [1.165, 1.54) is 56.1 Å². The van der Waals surface area contributed by atoms with Crippen LogP contribution in [0.2, 0.25) is 0 Å². The van der Waals surface area contributed by atoms with E-state index in [0.717, 1.165) is 28.0 Å². The van der Waals surface area contributed by atoms with Crippen LogP contribution in [0.5, 0.6) is 5.75 Å². The Morgan fingerprint density at radius 1 is 1.04 bits per heavy atom. The van der Waals surface area contributed by atoms with E-state index in [9.17, 15) is 13.2 Å². The molecule has 1 nitrogen and oxygen atoms in total. The largest absolute Gasteiger partial charge is 0.496 e. The summed E-state index contributed by atoms with van der Waals surface area (Å²) in [5.41, 5.74) is 2.83. The van der Waals surface area contributed by atoms with E-state index in [2.05, 4.69) is 0 Å². The quantitative estimate of drug-likeness (QED) is 0.745. The van der Waals surface area contributed by atoms with Gasteiger partial charge in [-0.2, -0.15) is 13.2 Å². The smallest absolute Gasteiger partial charge is 0.411 e. The predicted molar refractivity (Wildman–Crippen MR) is 97.6 cm³/mol. The summed E-state index contributed by atoms with van der Waals surface area (Å²) < 4.78 is 45.0. The number of halogens is 3. The zero-order valence-electron chi connectivity index (χ0n) is 15.1. The van der Waals surface area contributed by atoms with Crippen molar-refractivity contribution in [1.29, 1.82) is 0 Å². The molecule has 0 unspecified atom stereocenters. The molecule has 4 rings (SSSR count). The molecule has 2 fully saturated rings. The second kappa shape index (κ2) is 5.72. The fourth-order valence-electron chi connectivity index (χ4n) is 5.75. The van der Waals surface area contributed by atoms with Crippen LogP contribution in [0.25, 0.3) is 0 Å². The zero-order chi connectivity index (χ0) is 17.9. The molecule has 25 heavy (non-hydrogen) atoms. The molecule has 1 aromatic rings. The molecule has 6 heteroatoms. The Labute approximate surface area is 149 Å². The van der Waals surface area contributed by atoms with E-state index in [1.54, 1.807) is 6.07 Å². The average Bonchev–Trinajstić information content (AvgIpc) is 2.54. The Bertz CT molecular complexity index is 669. The number of hydrogen-bond acceptors (Lipinski definition) is 1. The third-order valence-corrected chi connectivity index (χ3v) is 7.02. The summed E-state index contributed by atoms with van der Waals surface area (Å²) in [5.74, 6) is 1.84. The van der Waals surface area contributed by atoms with Gasteiger partial charge in [-0.1, -0.05) is 25.3 Å². The van der Waals surface area contributed by atoms with E-state index in [-0.39, 0.29) is 5.41 Å². The van der Waals surface area contributed by atoms with Crippen LogP contribution in [0, 0.1) is 11.8 Å². The molecule has 0 saturated heterocycles. The van der Waals surface area contributed by atoms with Gasteiger partial charge in [0.2, 0.25) is 0 Å². The van der Waals surface area contributed by atoms with Crippen LogP contribution in [0.4, 0.5) is 13.2 Å². The molecule has 3 atom stereocenters. The van der Waals surface area contributed by atoms with E-state index >= 15 is 0 Å². The standard InChI is InChI=1S/C19H25B2F3O/c20-18(21,19(22,23)24)25-14-7-6-13-10-12-4-3-9-17(16(13)11-14)8-2-1-5-15(12)17/h6-7,11-12,15H,1-5,8-10,20-21H2/t12-,15+,17-/m0/s1. The van der Waals surface area contributed by atoms with Crippen molar-refractivity contribution in [2.75, 3.05) is 0 Å². The van der Waals surface area contributed by atoms with Crippen LogP contribution in [-0.4, -0.2) is 27.3 Å². The van der Waals surface area contributed by atoms with Gasteiger partial charge in [0, 0.05) is 0 Å². The van der Waals surface area contributed by atoms with E-state index in [1.807, 2.05) is 12.1 Å². The highest BCUT2D eigenvalue weighted by atomic mass is 19.4. The molecule has 0 amide bonds. The van der Waals surface area contributed by atoms with Crippen LogP contribution < -0.4 is 4.74 Å². The molecule has 134 valence electrons. The second-order valence-electron chi connectivity index (χ2n) is 8.79. The third kappa shape index (κ3) is 2.71. The molecule has 0 spiro atoms. The highest BCUT2D eigenvalue weighted by Crippen LogP contribution is 2.59. The first-order valence-electron chi connectivity index (χ1n) is 9.62. The van der Waals surface area contributed by atoms with Gasteiger partial charge in [-0.3, -0.25) is 0 Å². The van der Waals surface area contributed by atoms with Gasteiger partial charge in [-0.05, 0) is 72.6 Å². The third-order valence-electron chi connectivity index (χ3n) is 7.02. The maximum absolute atomic E-state index is 13.2. The first-order chi connectivity index (χ1) is 11.7. The Balaban J connectivity index is 1.73. The van der Waals surface area contributed by atoms with E-state index in [0.29, 0.717) is 11.7 Å². The lowest BCUT2D eigenvalue weighted by molar-refractivity contribution is -0.185. The molecular weight excluding hydrogens is 323 g/mol. The maximum atomic E-state index is 13.2. The fourth-order valence-corrected chi connectivity index (χ4v) is 5.75. The topological polar surface area (TPSA) is 9.23 Å². The van der Waals surface area contributed by atoms with Gasteiger partial charge < -0.3 is 4.74 Å². The number of fused-ring (bicyclic) bond motifs is 1. The SMILES string of the molecule is BC(B)(Oc1ccc2c(c1)[C@]13CCCC[C@@H]1[C@@H](CCC3)C2)C(F)(F)F. The number of ether oxygens (including phenoxy) is 1. The van der Waals surface area contributed by atoms with Crippen molar-refractivity contribution in [3.05, 3.63) is 29.3 Å². The minimum Gasteiger partial charge on any atom is -0.496 e. The monoisotopic (exact) mass is 348 g/mol. The van der Waals surface area contributed by atoms with Gasteiger partial charge in [0.05, 0.1) is 0 Å². The fraction of sp³-hybridized carbons (Fsp3) is 0.684. The lowest BCUT2D eigenvalue weighted by Gasteiger charge is -2.55. The van der Waals surface area contributed by atoms with Gasteiger partial charge in [0.25, 0.3) is 0 Å². The molecule has 1 aromatic carbocycles. The zero-order valence-corrected chi connectivity index (χ0v) is 15.1. The summed E-state index contributed by atoms with van der Waals surface area (Å²) in [4.78, 5) is 0. The van der Waals surface area contributed by atoms with Crippen molar-refractivity contribution >= 4 is 15.7 Å². The van der Waals surface area contributed by atoms with Gasteiger partial charge in [0.15, 0.2) is 15.7 Å². The molecule has 3 aliphatic rings. The molecule has 0 aliphatic heterocycles.